The van der Waals surface area contributed by atoms with E-state index >= 15 is 0 Å². The lowest BCUT2D eigenvalue weighted by atomic mass is 10.2. The number of amides is 1. The van der Waals surface area contributed by atoms with Crippen molar-refractivity contribution in [3.8, 4) is 0 Å². The van der Waals surface area contributed by atoms with Gasteiger partial charge in [-0.05, 0) is 17.7 Å². The van der Waals surface area contributed by atoms with Crippen LogP contribution in [-0.2, 0) is 11.3 Å². The van der Waals surface area contributed by atoms with Crippen LogP contribution in [0, 0.1) is 0 Å². The van der Waals surface area contributed by atoms with Crippen molar-refractivity contribution in [2.24, 2.45) is 0 Å². The number of fused-ring (bicyclic) bond motifs is 1. The fourth-order valence-electron chi connectivity index (χ4n) is 1.33. The molecule has 1 aromatic heterocycles. The van der Waals surface area contributed by atoms with E-state index in [-0.39, 0.29) is 5.91 Å². The van der Waals surface area contributed by atoms with E-state index in [0.29, 0.717) is 6.54 Å². The van der Waals surface area contributed by atoms with E-state index in [4.69, 9.17) is 0 Å². The van der Waals surface area contributed by atoms with Gasteiger partial charge in [0.1, 0.15) is 0 Å². The Morgan fingerprint density at radius 1 is 1.56 bits per heavy atom. The minimum Gasteiger partial charge on any atom is -0.281 e. The van der Waals surface area contributed by atoms with Gasteiger partial charge in [-0.15, -0.1) is 11.3 Å². The highest BCUT2D eigenvalue weighted by Crippen LogP contribution is 2.18. The van der Waals surface area contributed by atoms with Crippen LogP contribution in [0.1, 0.15) is 12.5 Å². The summed E-state index contributed by atoms with van der Waals surface area (Å²) >= 11 is 1.63. The Labute approximate surface area is 97.9 Å². The normalized spacial score (nSPS) is 10.6. The molecule has 0 saturated heterocycles. The molecule has 2 aromatic rings. The molecule has 0 bridgehead atoms. The third-order valence-corrected chi connectivity index (χ3v) is 3.20. The maximum absolute atomic E-state index is 11.0. The van der Waals surface area contributed by atoms with Crippen LogP contribution >= 0.6 is 11.3 Å². The number of hydrogen-bond donors (Lipinski definition) is 1. The molecule has 0 aliphatic rings. The Balaban J connectivity index is 2.06. The van der Waals surface area contributed by atoms with Crippen LogP contribution < -0.4 is 5.43 Å². The van der Waals surface area contributed by atoms with Crippen LogP contribution in [-0.4, -0.2) is 22.9 Å². The largest absolute Gasteiger partial charge is 0.281 e. The maximum atomic E-state index is 11.0. The number of nitrogens with zero attached hydrogens (tertiary/aromatic N) is 2. The Hall–Kier alpha value is -1.46. The first-order chi connectivity index (χ1) is 7.66. The van der Waals surface area contributed by atoms with Gasteiger partial charge in [0.15, 0.2) is 0 Å². The summed E-state index contributed by atoms with van der Waals surface area (Å²) in [6.07, 6.45) is 0. The average Bonchev–Trinajstić information content (AvgIpc) is 2.72. The van der Waals surface area contributed by atoms with Gasteiger partial charge in [0, 0.05) is 20.5 Å². The number of nitrogens with one attached hydrogen (secondary N) is 1. The van der Waals surface area contributed by atoms with Crippen molar-refractivity contribution in [3.05, 3.63) is 29.3 Å². The Morgan fingerprint density at radius 3 is 3.12 bits per heavy atom. The quantitative estimate of drug-likeness (QED) is 0.825. The summed E-state index contributed by atoms with van der Waals surface area (Å²) in [7, 11) is 1.71. The molecular weight excluding hydrogens is 222 g/mol. The molecule has 16 heavy (non-hydrogen) atoms. The molecule has 0 aliphatic carbocycles. The number of hydrogen-bond acceptors (Lipinski definition) is 4. The van der Waals surface area contributed by atoms with Crippen LogP contribution in [0.15, 0.2) is 23.7 Å². The molecular formula is C11H13N3OS. The van der Waals surface area contributed by atoms with Crippen LogP contribution in [0.25, 0.3) is 10.2 Å². The molecule has 0 fully saturated rings. The van der Waals surface area contributed by atoms with E-state index in [1.807, 2.05) is 17.6 Å². The molecule has 0 saturated carbocycles. The second kappa shape index (κ2) is 4.59. The first-order valence-electron chi connectivity index (χ1n) is 4.97. The highest BCUT2D eigenvalue weighted by molar-refractivity contribution is 7.16. The lowest BCUT2D eigenvalue weighted by Gasteiger charge is -2.16. The SMILES string of the molecule is CC(=O)N(C)NCc1ccc2scnc2c1. The smallest absolute Gasteiger partial charge is 0.233 e. The van der Waals surface area contributed by atoms with Gasteiger partial charge in [0.25, 0.3) is 0 Å². The van der Waals surface area contributed by atoms with Crippen LogP contribution in [0.4, 0.5) is 0 Å². The van der Waals surface area contributed by atoms with Gasteiger partial charge in [-0.1, -0.05) is 6.07 Å². The van der Waals surface area contributed by atoms with Crippen molar-refractivity contribution < 1.29 is 4.79 Å². The molecule has 1 heterocycles. The fraction of sp³-hybridized carbons (Fsp3) is 0.273. The lowest BCUT2D eigenvalue weighted by molar-refractivity contribution is -0.130. The lowest BCUT2D eigenvalue weighted by Crippen LogP contribution is -2.37. The monoisotopic (exact) mass is 235 g/mol. The number of carbonyl (C=O) groups is 1. The zero-order chi connectivity index (χ0) is 11.5. The van der Waals surface area contributed by atoms with Crippen molar-refractivity contribution >= 4 is 27.5 Å². The van der Waals surface area contributed by atoms with E-state index < -0.39 is 0 Å². The summed E-state index contributed by atoms with van der Waals surface area (Å²) in [4.78, 5) is 15.2. The molecule has 84 valence electrons. The third-order valence-electron chi connectivity index (χ3n) is 2.39. The van der Waals surface area contributed by atoms with Gasteiger partial charge in [0.2, 0.25) is 5.91 Å². The number of benzene rings is 1. The molecule has 1 N–H and O–H groups in total. The number of carbonyl (C=O) groups excluding carboxylic acids is 1. The first-order valence-corrected chi connectivity index (χ1v) is 5.84. The first kappa shape index (κ1) is 11.0. The Bertz CT molecular complexity index is 509. The highest BCUT2D eigenvalue weighted by Gasteiger charge is 2.02. The second-order valence-electron chi connectivity index (χ2n) is 3.57. The molecule has 1 amide bonds. The zero-order valence-corrected chi connectivity index (χ0v) is 10.0. The topological polar surface area (TPSA) is 45.2 Å². The maximum Gasteiger partial charge on any atom is 0.233 e. The van der Waals surface area contributed by atoms with E-state index in [1.54, 1.807) is 18.4 Å². The molecule has 0 atom stereocenters. The average molecular weight is 235 g/mol. The van der Waals surface area contributed by atoms with E-state index in [1.165, 1.54) is 16.6 Å². The van der Waals surface area contributed by atoms with E-state index in [0.717, 1.165) is 11.1 Å². The molecule has 0 spiro atoms. The van der Waals surface area contributed by atoms with E-state index in [9.17, 15) is 4.79 Å². The number of aromatic nitrogens is 1. The molecule has 2 rings (SSSR count). The van der Waals surface area contributed by atoms with Crippen molar-refractivity contribution in [2.45, 2.75) is 13.5 Å². The summed E-state index contributed by atoms with van der Waals surface area (Å²) in [5.41, 5.74) is 6.98. The summed E-state index contributed by atoms with van der Waals surface area (Å²) in [5.74, 6) is -0.00487. The highest BCUT2D eigenvalue weighted by atomic mass is 32.1. The van der Waals surface area contributed by atoms with Crippen molar-refractivity contribution in [3.63, 3.8) is 0 Å². The van der Waals surface area contributed by atoms with Gasteiger partial charge in [0.05, 0.1) is 15.7 Å². The fourth-order valence-corrected chi connectivity index (χ4v) is 1.99. The minimum atomic E-state index is -0.00487. The second-order valence-corrected chi connectivity index (χ2v) is 4.45. The molecule has 4 nitrogen and oxygen atoms in total. The molecule has 0 radical (unpaired) electrons. The van der Waals surface area contributed by atoms with Crippen molar-refractivity contribution in [1.29, 1.82) is 0 Å². The van der Waals surface area contributed by atoms with E-state index in [2.05, 4.69) is 16.5 Å². The third kappa shape index (κ3) is 2.37. The zero-order valence-electron chi connectivity index (χ0n) is 9.23. The van der Waals surface area contributed by atoms with Crippen LogP contribution in [0.5, 0.6) is 0 Å². The van der Waals surface area contributed by atoms with Crippen LogP contribution in [0.2, 0.25) is 0 Å². The summed E-state index contributed by atoms with van der Waals surface area (Å²) in [5, 5.41) is 1.48. The Kier molecular flexibility index (Phi) is 3.17. The number of hydrazine groups is 1. The van der Waals surface area contributed by atoms with Crippen LogP contribution in [0.3, 0.4) is 0 Å². The molecule has 0 aliphatic heterocycles. The minimum absolute atomic E-state index is 0.00487. The van der Waals surface area contributed by atoms with Gasteiger partial charge in [-0.3, -0.25) is 9.80 Å². The number of rotatable bonds is 3. The summed E-state index contributed by atoms with van der Waals surface area (Å²) in [6.45, 7) is 2.15. The van der Waals surface area contributed by atoms with Gasteiger partial charge in [-0.25, -0.2) is 10.4 Å². The number of thiazole rings is 1. The Morgan fingerprint density at radius 2 is 2.38 bits per heavy atom. The summed E-state index contributed by atoms with van der Waals surface area (Å²) < 4.78 is 1.18. The predicted octanol–water partition coefficient (Wildman–Crippen LogP) is 1.78. The standard InChI is InChI=1S/C11H13N3OS/c1-8(15)14(2)13-6-9-3-4-11-10(5-9)12-7-16-11/h3-5,7,13H,6H2,1-2H3. The molecule has 0 unspecified atom stereocenters. The van der Waals surface area contributed by atoms with Gasteiger partial charge in [-0.2, -0.15) is 0 Å². The van der Waals surface area contributed by atoms with Gasteiger partial charge < -0.3 is 0 Å². The van der Waals surface area contributed by atoms with Crippen molar-refractivity contribution in [1.82, 2.24) is 15.4 Å². The predicted molar refractivity (Wildman–Crippen MR) is 64.9 cm³/mol. The summed E-state index contributed by atoms with van der Waals surface area (Å²) in [6, 6.07) is 6.13. The van der Waals surface area contributed by atoms with Crippen molar-refractivity contribution in [2.75, 3.05) is 7.05 Å². The molecule has 5 heteroatoms. The van der Waals surface area contributed by atoms with Gasteiger partial charge >= 0.3 is 0 Å². The molecule has 1 aromatic carbocycles.